The number of nitrogens with one attached hydrogen (secondary N) is 2. The average molecular weight is 314 g/mol. The van der Waals surface area contributed by atoms with Gasteiger partial charge in [0.05, 0.1) is 13.2 Å². The molecule has 1 amide bonds. The lowest BCUT2D eigenvalue weighted by Gasteiger charge is -2.22. The van der Waals surface area contributed by atoms with E-state index in [1.165, 1.54) is 0 Å². The molecule has 1 fully saturated rings. The maximum absolute atomic E-state index is 12.2. The summed E-state index contributed by atoms with van der Waals surface area (Å²) < 4.78 is 7.02. The first-order chi connectivity index (χ1) is 11.3. The molecule has 3 rings (SSSR count). The summed E-state index contributed by atoms with van der Waals surface area (Å²) in [5, 5.41) is 10.7. The average Bonchev–Trinajstić information content (AvgIpc) is 3.11. The van der Waals surface area contributed by atoms with E-state index in [1.54, 1.807) is 13.2 Å². The van der Waals surface area contributed by atoms with E-state index in [-0.39, 0.29) is 5.91 Å². The van der Waals surface area contributed by atoms with E-state index in [2.05, 4.69) is 15.7 Å². The highest BCUT2D eigenvalue weighted by Crippen LogP contribution is 2.16. The van der Waals surface area contributed by atoms with Crippen LogP contribution in [0.3, 0.4) is 0 Å². The number of hydrogen-bond acceptors (Lipinski definition) is 4. The van der Waals surface area contributed by atoms with Crippen LogP contribution in [0.25, 0.3) is 0 Å². The number of nitrogens with zero attached hydrogens (tertiary/aromatic N) is 2. The number of hydrogen-bond donors (Lipinski definition) is 2. The van der Waals surface area contributed by atoms with Crippen LogP contribution in [-0.2, 0) is 6.54 Å². The molecule has 6 nitrogen and oxygen atoms in total. The molecule has 1 aromatic heterocycles. The third kappa shape index (κ3) is 3.90. The minimum atomic E-state index is -0.150. The van der Waals surface area contributed by atoms with Crippen molar-refractivity contribution in [3.05, 3.63) is 47.8 Å². The minimum Gasteiger partial charge on any atom is -0.497 e. The van der Waals surface area contributed by atoms with E-state index in [9.17, 15) is 4.79 Å². The molecule has 1 saturated heterocycles. The Kier molecular flexibility index (Phi) is 4.92. The van der Waals surface area contributed by atoms with E-state index in [1.807, 2.05) is 35.1 Å². The largest absolute Gasteiger partial charge is 0.497 e. The molecule has 6 heteroatoms. The number of carbonyl (C=O) groups is 1. The number of piperidine rings is 1. The van der Waals surface area contributed by atoms with Gasteiger partial charge in [0.25, 0.3) is 5.91 Å². The van der Waals surface area contributed by atoms with Crippen LogP contribution in [-0.4, -0.2) is 35.9 Å². The van der Waals surface area contributed by atoms with Gasteiger partial charge in [-0.05, 0) is 43.1 Å². The van der Waals surface area contributed by atoms with E-state index in [4.69, 9.17) is 4.74 Å². The molecule has 2 heterocycles. The van der Waals surface area contributed by atoms with Crippen molar-refractivity contribution in [1.82, 2.24) is 20.4 Å². The summed E-state index contributed by atoms with van der Waals surface area (Å²) in [5.74, 6) is 0.656. The maximum Gasteiger partial charge on any atom is 0.272 e. The number of amides is 1. The van der Waals surface area contributed by atoms with Crippen molar-refractivity contribution in [3.8, 4) is 5.75 Å². The zero-order valence-corrected chi connectivity index (χ0v) is 13.3. The lowest BCUT2D eigenvalue weighted by atomic mass is 10.1. The number of rotatable bonds is 5. The van der Waals surface area contributed by atoms with Gasteiger partial charge in [-0.25, -0.2) is 0 Å². The third-order valence-corrected chi connectivity index (χ3v) is 4.10. The first-order valence-corrected chi connectivity index (χ1v) is 7.93. The molecular formula is C17H22N4O2. The quantitative estimate of drug-likeness (QED) is 0.882. The molecule has 1 aromatic carbocycles. The number of methoxy groups -OCH3 is 1. The van der Waals surface area contributed by atoms with Crippen LogP contribution in [0.2, 0.25) is 0 Å². The maximum atomic E-state index is 12.2. The van der Waals surface area contributed by atoms with Gasteiger partial charge < -0.3 is 15.4 Å². The van der Waals surface area contributed by atoms with Gasteiger partial charge >= 0.3 is 0 Å². The highest BCUT2D eigenvalue weighted by Gasteiger charge is 2.17. The van der Waals surface area contributed by atoms with Crippen molar-refractivity contribution < 1.29 is 9.53 Å². The predicted molar refractivity (Wildman–Crippen MR) is 87.5 cm³/mol. The fourth-order valence-electron chi connectivity index (χ4n) is 2.74. The number of aromatic nitrogens is 2. The Morgan fingerprint density at radius 1 is 1.39 bits per heavy atom. The molecule has 0 radical (unpaired) electrons. The van der Waals surface area contributed by atoms with Crippen LogP contribution in [0.4, 0.5) is 0 Å². The first-order valence-electron chi connectivity index (χ1n) is 7.93. The predicted octanol–water partition coefficient (Wildman–Crippen LogP) is 1.75. The van der Waals surface area contributed by atoms with Crippen molar-refractivity contribution in [2.24, 2.45) is 0 Å². The minimum absolute atomic E-state index is 0.150. The molecule has 0 saturated carbocycles. The van der Waals surface area contributed by atoms with Crippen LogP contribution in [0, 0.1) is 0 Å². The second-order valence-electron chi connectivity index (χ2n) is 5.71. The monoisotopic (exact) mass is 314 g/mol. The Bertz CT molecular complexity index is 645. The van der Waals surface area contributed by atoms with Crippen LogP contribution >= 0.6 is 0 Å². The van der Waals surface area contributed by atoms with Gasteiger partial charge in [0.1, 0.15) is 11.4 Å². The molecule has 23 heavy (non-hydrogen) atoms. The number of carbonyl (C=O) groups excluding carboxylic acids is 1. The summed E-state index contributed by atoms with van der Waals surface area (Å²) in [6.45, 7) is 2.45. The number of benzene rings is 1. The summed E-state index contributed by atoms with van der Waals surface area (Å²) in [4.78, 5) is 12.2. The first kappa shape index (κ1) is 15.6. The smallest absolute Gasteiger partial charge is 0.272 e. The third-order valence-electron chi connectivity index (χ3n) is 4.10. The summed E-state index contributed by atoms with van der Waals surface area (Å²) in [6.07, 6.45) is 4.13. The molecule has 1 unspecified atom stereocenters. The number of ether oxygens (including phenoxy) is 1. The molecule has 1 atom stereocenters. The summed E-state index contributed by atoms with van der Waals surface area (Å²) in [7, 11) is 1.63. The van der Waals surface area contributed by atoms with E-state index in [0.29, 0.717) is 18.3 Å². The standard InChI is InChI=1S/C17H22N4O2/c1-23-15-6-4-13(5-7-15)11-19-17(22)16-8-10-21(20-16)14-3-2-9-18-12-14/h4-8,10,14,18H,2-3,9,11-12H2,1H3,(H,19,22). The Morgan fingerprint density at radius 2 is 2.22 bits per heavy atom. The van der Waals surface area contributed by atoms with E-state index < -0.39 is 0 Å². The SMILES string of the molecule is COc1ccc(CNC(=O)c2ccn(C3CCCNC3)n2)cc1. The van der Waals surface area contributed by atoms with Gasteiger partial charge in [-0.2, -0.15) is 5.10 Å². The van der Waals surface area contributed by atoms with Gasteiger partial charge in [-0.3, -0.25) is 9.48 Å². The Balaban J connectivity index is 1.56. The van der Waals surface area contributed by atoms with E-state index >= 15 is 0 Å². The lowest BCUT2D eigenvalue weighted by Crippen LogP contribution is -2.32. The molecule has 0 aliphatic carbocycles. The van der Waals surface area contributed by atoms with Gasteiger partial charge in [0, 0.05) is 19.3 Å². The lowest BCUT2D eigenvalue weighted by molar-refractivity contribution is 0.0944. The molecular weight excluding hydrogens is 292 g/mol. The summed E-state index contributed by atoms with van der Waals surface area (Å²) >= 11 is 0. The molecule has 2 N–H and O–H groups in total. The van der Waals surface area contributed by atoms with E-state index in [0.717, 1.165) is 37.2 Å². The van der Waals surface area contributed by atoms with Crippen LogP contribution in [0.15, 0.2) is 36.5 Å². The van der Waals surface area contributed by atoms with Gasteiger partial charge in [-0.15, -0.1) is 0 Å². The molecule has 1 aliphatic heterocycles. The molecule has 1 aliphatic rings. The van der Waals surface area contributed by atoms with Crippen LogP contribution in [0.5, 0.6) is 5.75 Å². The zero-order chi connectivity index (χ0) is 16.1. The zero-order valence-electron chi connectivity index (χ0n) is 13.3. The molecule has 0 bridgehead atoms. The van der Waals surface area contributed by atoms with Crippen molar-refractivity contribution in [2.75, 3.05) is 20.2 Å². The normalized spacial score (nSPS) is 17.7. The summed E-state index contributed by atoms with van der Waals surface area (Å²) in [5.41, 5.74) is 1.49. The van der Waals surface area contributed by atoms with Crippen LogP contribution < -0.4 is 15.4 Å². The molecule has 122 valence electrons. The molecule has 2 aromatic rings. The van der Waals surface area contributed by atoms with Gasteiger partial charge in [0.2, 0.25) is 0 Å². The van der Waals surface area contributed by atoms with Crippen molar-refractivity contribution in [3.63, 3.8) is 0 Å². The van der Waals surface area contributed by atoms with Gasteiger partial charge in [0.15, 0.2) is 0 Å². The topological polar surface area (TPSA) is 68.2 Å². The van der Waals surface area contributed by atoms with Crippen molar-refractivity contribution >= 4 is 5.91 Å². The Labute approximate surface area is 135 Å². The molecule has 0 spiro atoms. The highest BCUT2D eigenvalue weighted by molar-refractivity contribution is 5.92. The van der Waals surface area contributed by atoms with Crippen molar-refractivity contribution in [1.29, 1.82) is 0 Å². The van der Waals surface area contributed by atoms with Gasteiger partial charge in [-0.1, -0.05) is 12.1 Å². The fourth-order valence-corrected chi connectivity index (χ4v) is 2.74. The highest BCUT2D eigenvalue weighted by atomic mass is 16.5. The second-order valence-corrected chi connectivity index (χ2v) is 5.71. The summed E-state index contributed by atoms with van der Waals surface area (Å²) in [6, 6.07) is 9.75. The van der Waals surface area contributed by atoms with Crippen LogP contribution in [0.1, 0.15) is 34.9 Å². The Hall–Kier alpha value is -2.34. The van der Waals surface area contributed by atoms with Crippen molar-refractivity contribution in [2.45, 2.75) is 25.4 Å². The Morgan fingerprint density at radius 3 is 2.91 bits per heavy atom. The fraction of sp³-hybridized carbons (Fsp3) is 0.412. The second kappa shape index (κ2) is 7.28.